The Kier molecular flexibility index (Phi) is 4.06. The molecule has 1 aromatic heterocycles. The molecule has 0 aliphatic rings. The highest BCUT2D eigenvalue weighted by Crippen LogP contribution is 2.25. The number of aromatic nitrogens is 2. The molecule has 4 nitrogen and oxygen atoms in total. The van der Waals surface area contributed by atoms with E-state index in [-0.39, 0.29) is 18.4 Å². The quantitative estimate of drug-likeness (QED) is 0.918. The van der Waals surface area contributed by atoms with Crippen molar-refractivity contribution in [1.82, 2.24) is 9.97 Å². The number of hydrogen-bond donors (Lipinski definition) is 1. The summed E-state index contributed by atoms with van der Waals surface area (Å²) in [5, 5.41) is 0. The van der Waals surface area contributed by atoms with Gasteiger partial charge in [0.15, 0.2) is 11.6 Å². The molecule has 1 heterocycles. The minimum absolute atomic E-state index is 0.0664. The van der Waals surface area contributed by atoms with E-state index in [1.165, 1.54) is 6.07 Å². The van der Waals surface area contributed by atoms with Crippen molar-refractivity contribution in [1.29, 1.82) is 0 Å². The summed E-state index contributed by atoms with van der Waals surface area (Å²) in [6.45, 7) is 3.96. The van der Waals surface area contributed by atoms with Gasteiger partial charge in [-0.2, -0.15) is 0 Å². The van der Waals surface area contributed by atoms with E-state index in [2.05, 4.69) is 9.97 Å². The van der Waals surface area contributed by atoms with Gasteiger partial charge < -0.3 is 10.5 Å². The zero-order valence-electron chi connectivity index (χ0n) is 10.9. The highest BCUT2D eigenvalue weighted by atomic mass is 19.1. The van der Waals surface area contributed by atoms with E-state index >= 15 is 0 Å². The maximum absolute atomic E-state index is 13.9. The van der Waals surface area contributed by atoms with Gasteiger partial charge in [-0.25, -0.2) is 14.4 Å². The lowest BCUT2D eigenvalue weighted by atomic mass is 10.1. The van der Waals surface area contributed by atoms with Crippen LogP contribution < -0.4 is 10.5 Å². The van der Waals surface area contributed by atoms with Crippen LogP contribution in [0.2, 0.25) is 0 Å². The topological polar surface area (TPSA) is 61.0 Å². The van der Waals surface area contributed by atoms with Crippen molar-refractivity contribution < 1.29 is 9.13 Å². The molecule has 2 aromatic rings. The summed E-state index contributed by atoms with van der Waals surface area (Å²) in [4.78, 5) is 8.26. The molecule has 1 aromatic carbocycles. The number of hydrogen-bond acceptors (Lipinski definition) is 4. The van der Waals surface area contributed by atoms with E-state index in [1.807, 2.05) is 13.8 Å². The first-order valence-electron chi connectivity index (χ1n) is 6.08. The van der Waals surface area contributed by atoms with Crippen LogP contribution in [-0.2, 0) is 6.54 Å². The molecule has 0 saturated carbocycles. The second-order valence-electron chi connectivity index (χ2n) is 4.37. The van der Waals surface area contributed by atoms with Crippen molar-refractivity contribution in [2.45, 2.75) is 26.5 Å². The third kappa shape index (κ3) is 3.26. The molecular formula is C14H16FN3O. The molecule has 0 amide bonds. The van der Waals surface area contributed by atoms with E-state index < -0.39 is 5.82 Å². The summed E-state index contributed by atoms with van der Waals surface area (Å²) in [6.07, 6.45) is 1.55. The fourth-order valence-corrected chi connectivity index (χ4v) is 1.67. The number of nitrogens with two attached hydrogens (primary N) is 1. The summed E-state index contributed by atoms with van der Waals surface area (Å²) >= 11 is 0. The Hall–Kier alpha value is -2.01. The smallest absolute Gasteiger partial charge is 0.165 e. The summed E-state index contributed by atoms with van der Waals surface area (Å²) in [7, 11) is 0. The largest absolute Gasteiger partial charge is 0.488 e. The first-order valence-corrected chi connectivity index (χ1v) is 6.08. The maximum Gasteiger partial charge on any atom is 0.165 e. The summed E-state index contributed by atoms with van der Waals surface area (Å²) in [6, 6.07) is 6.50. The predicted octanol–water partition coefficient (Wildman–Crippen LogP) is 2.53. The van der Waals surface area contributed by atoms with Crippen LogP contribution in [-0.4, -0.2) is 16.1 Å². The third-order valence-corrected chi connectivity index (χ3v) is 2.48. The van der Waals surface area contributed by atoms with Gasteiger partial charge in [0.05, 0.1) is 18.3 Å². The van der Waals surface area contributed by atoms with Crippen LogP contribution in [0.3, 0.4) is 0 Å². The average Bonchev–Trinajstić information content (AvgIpc) is 2.40. The SMILES string of the molecule is CC(C)Oc1ccc(-c2ccnc(CN)n2)cc1F. The van der Waals surface area contributed by atoms with Crippen molar-refractivity contribution >= 4 is 0 Å². The zero-order chi connectivity index (χ0) is 13.8. The molecule has 0 saturated heterocycles. The lowest BCUT2D eigenvalue weighted by Gasteiger charge is -2.11. The molecule has 0 unspecified atom stereocenters. The van der Waals surface area contributed by atoms with Crippen LogP contribution in [0.5, 0.6) is 5.75 Å². The molecule has 0 spiro atoms. The van der Waals surface area contributed by atoms with E-state index in [0.717, 1.165) is 0 Å². The molecular weight excluding hydrogens is 245 g/mol. The Morgan fingerprint density at radius 2 is 2.11 bits per heavy atom. The highest BCUT2D eigenvalue weighted by molar-refractivity contribution is 5.60. The Bertz CT molecular complexity index is 572. The molecule has 2 N–H and O–H groups in total. The second-order valence-corrected chi connectivity index (χ2v) is 4.37. The van der Waals surface area contributed by atoms with Crippen molar-refractivity contribution in [3.05, 3.63) is 42.1 Å². The maximum atomic E-state index is 13.9. The van der Waals surface area contributed by atoms with Gasteiger partial charge in [-0.1, -0.05) is 0 Å². The second kappa shape index (κ2) is 5.75. The molecule has 100 valence electrons. The number of rotatable bonds is 4. The van der Waals surface area contributed by atoms with Crippen molar-refractivity contribution in [3.8, 4) is 17.0 Å². The summed E-state index contributed by atoms with van der Waals surface area (Å²) in [5.41, 5.74) is 6.80. The van der Waals surface area contributed by atoms with E-state index in [4.69, 9.17) is 10.5 Å². The van der Waals surface area contributed by atoms with Crippen molar-refractivity contribution in [2.24, 2.45) is 5.73 Å². The first kappa shape index (κ1) is 13.4. The van der Waals surface area contributed by atoms with Crippen LogP contribution in [0.15, 0.2) is 30.5 Å². The number of nitrogens with zero attached hydrogens (tertiary/aromatic N) is 2. The molecule has 0 bridgehead atoms. The van der Waals surface area contributed by atoms with E-state index in [0.29, 0.717) is 17.1 Å². The fraction of sp³-hybridized carbons (Fsp3) is 0.286. The molecule has 0 aliphatic carbocycles. The molecule has 0 radical (unpaired) electrons. The van der Waals surface area contributed by atoms with Crippen LogP contribution in [0.25, 0.3) is 11.3 Å². The molecule has 0 atom stereocenters. The zero-order valence-corrected chi connectivity index (χ0v) is 10.9. The summed E-state index contributed by atoms with van der Waals surface area (Å²) in [5.74, 6) is 0.367. The molecule has 0 fully saturated rings. The van der Waals surface area contributed by atoms with Gasteiger partial charge >= 0.3 is 0 Å². The van der Waals surface area contributed by atoms with Gasteiger partial charge in [-0.05, 0) is 38.1 Å². The van der Waals surface area contributed by atoms with Crippen LogP contribution in [0.4, 0.5) is 4.39 Å². The Labute approximate surface area is 111 Å². The normalized spacial score (nSPS) is 10.8. The van der Waals surface area contributed by atoms with Crippen LogP contribution in [0, 0.1) is 5.82 Å². The van der Waals surface area contributed by atoms with Crippen LogP contribution >= 0.6 is 0 Å². The van der Waals surface area contributed by atoms with Crippen LogP contribution in [0.1, 0.15) is 19.7 Å². The van der Waals surface area contributed by atoms with Crippen molar-refractivity contribution in [2.75, 3.05) is 0 Å². The average molecular weight is 261 g/mol. The molecule has 0 aliphatic heterocycles. The van der Waals surface area contributed by atoms with Gasteiger partial charge in [0.2, 0.25) is 0 Å². The van der Waals surface area contributed by atoms with Gasteiger partial charge in [0.25, 0.3) is 0 Å². The van der Waals surface area contributed by atoms with Gasteiger partial charge in [0, 0.05) is 11.8 Å². The minimum Gasteiger partial charge on any atom is -0.488 e. The fourth-order valence-electron chi connectivity index (χ4n) is 1.67. The predicted molar refractivity (Wildman–Crippen MR) is 71.1 cm³/mol. The monoisotopic (exact) mass is 261 g/mol. The Morgan fingerprint density at radius 3 is 2.74 bits per heavy atom. The first-order chi connectivity index (χ1) is 9.10. The summed E-state index contributed by atoms with van der Waals surface area (Å²) < 4.78 is 19.2. The molecule has 19 heavy (non-hydrogen) atoms. The third-order valence-electron chi connectivity index (χ3n) is 2.48. The lowest BCUT2D eigenvalue weighted by molar-refractivity contribution is 0.231. The molecule has 5 heteroatoms. The molecule has 2 rings (SSSR count). The number of halogens is 1. The number of benzene rings is 1. The van der Waals surface area contributed by atoms with E-state index in [1.54, 1.807) is 24.4 Å². The standard InChI is InChI=1S/C14H16FN3O/c1-9(2)19-13-4-3-10(7-11(13)15)12-5-6-17-14(8-16)18-12/h3-7,9H,8,16H2,1-2H3. The Morgan fingerprint density at radius 1 is 1.32 bits per heavy atom. The number of ether oxygens (including phenoxy) is 1. The Balaban J connectivity index is 2.33. The van der Waals surface area contributed by atoms with Crippen molar-refractivity contribution in [3.63, 3.8) is 0 Å². The van der Waals surface area contributed by atoms with E-state index in [9.17, 15) is 4.39 Å². The van der Waals surface area contributed by atoms with Gasteiger partial charge in [-0.15, -0.1) is 0 Å². The highest BCUT2D eigenvalue weighted by Gasteiger charge is 2.09. The lowest BCUT2D eigenvalue weighted by Crippen LogP contribution is -2.07. The van der Waals surface area contributed by atoms with Gasteiger partial charge in [0.1, 0.15) is 5.82 Å². The minimum atomic E-state index is -0.404. The van der Waals surface area contributed by atoms with Gasteiger partial charge in [-0.3, -0.25) is 0 Å².